The molecule has 0 aliphatic rings. The summed E-state index contributed by atoms with van der Waals surface area (Å²) in [4.78, 5) is 3.83. The molecule has 0 bridgehead atoms. The van der Waals surface area contributed by atoms with Crippen molar-refractivity contribution in [3.63, 3.8) is 0 Å². The van der Waals surface area contributed by atoms with Crippen LogP contribution in [0.5, 0.6) is 0 Å². The van der Waals surface area contributed by atoms with Gasteiger partial charge in [-0.2, -0.15) is 0 Å². The standard InChI is InChI=1S/C11H15N3/c1-14-7-6-11(13)10-4-2-9(8-12)3-5-10/h2-7H,8,12-13H2,1H3. The maximum Gasteiger partial charge on any atom is 0.0402 e. The molecule has 0 aliphatic heterocycles. The minimum atomic E-state index is 0.556. The van der Waals surface area contributed by atoms with Crippen LogP contribution in [0.4, 0.5) is 0 Å². The van der Waals surface area contributed by atoms with E-state index in [0.29, 0.717) is 12.2 Å². The van der Waals surface area contributed by atoms with Gasteiger partial charge in [-0.1, -0.05) is 24.3 Å². The van der Waals surface area contributed by atoms with E-state index in [0.717, 1.165) is 11.1 Å². The van der Waals surface area contributed by atoms with E-state index >= 15 is 0 Å². The predicted octanol–water partition coefficient (Wildman–Crippen LogP) is 1.15. The Labute approximate surface area is 84.1 Å². The minimum Gasteiger partial charge on any atom is -0.398 e. The Balaban J connectivity index is 2.86. The highest BCUT2D eigenvalue weighted by Gasteiger charge is 1.94. The second kappa shape index (κ2) is 5.19. The summed E-state index contributed by atoms with van der Waals surface area (Å²) in [6.45, 7) is 0.556. The van der Waals surface area contributed by atoms with Gasteiger partial charge in [0.2, 0.25) is 0 Å². The summed E-state index contributed by atoms with van der Waals surface area (Å²) in [6.07, 6.45) is 3.45. The quantitative estimate of drug-likeness (QED) is 0.700. The molecule has 1 aromatic carbocycles. The van der Waals surface area contributed by atoms with Crippen molar-refractivity contribution in [2.75, 3.05) is 7.05 Å². The number of rotatable bonds is 3. The Kier molecular flexibility index (Phi) is 3.88. The number of hydrogen-bond acceptors (Lipinski definition) is 3. The molecule has 1 aromatic rings. The van der Waals surface area contributed by atoms with E-state index in [1.54, 1.807) is 19.3 Å². The van der Waals surface area contributed by atoms with E-state index in [9.17, 15) is 0 Å². The summed E-state index contributed by atoms with van der Waals surface area (Å²) in [5, 5.41) is 0. The van der Waals surface area contributed by atoms with Crippen molar-refractivity contribution in [2.45, 2.75) is 6.54 Å². The van der Waals surface area contributed by atoms with Crippen LogP contribution in [0.3, 0.4) is 0 Å². The molecule has 0 saturated heterocycles. The van der Waals surface area contributed by atoms with Gasteiger partial charge in [-0.25, -0.2) is 0 Å². The summed E-state index contributed by atoms with van der Waals surface area (Å²) >= 11 is 0. The van der Waals surface area contributed by atoms with Gasteiger partial charge in [0.15, 0.2) is 0 Å². The summed E-state index contributed by atoms with van der Waals surface area (Å²) in [5.41, 5.74) is 14.1. The average molecular weight is 189 g/mol. The molecule has 0 atom stereocenters. The molecule has 0 amide bonds. The van der Waals surface area contributed by atoms with E-state index in [1.165, 1.54) is 0 Å². The highest BCUT2D eigenvalue weighted by Crippen LogP contribution is 2.09. The van der Waals surface area contributed by atoms with Gasteiger partial charge < -0.3 is 11.5 Å². The third-order valence-electron chi connectivity index (χ3n) is 1.93. The molecule has 4 N–H and O–H groups in total. The molecule has 0 aliphatic carbocycles. The average Bonchev–Trinajstić information content (AvgIpc) is 2.26. The van der Waals surface area contributed by atoms with Crippen LogP contribution in [-0.2, 0) is 6.54 Å². The Hall–Kier alpha value is -1.61. The SMILES string of the molecule is CN=CC=C(N)c1ccc(CN)cc1. The molecule has 0 fully saturated rings. The van der Waals surface area contributed by atoms with Gasteiger partial charge in [0.05, 0.1) is 0 Å². The molecule has 0 saturated carbocycles. The lowest BCUT2D eigenvalue weighted by atomic mass is 10.1. The number of aliphatic imine (C=N–C) groups is 1. The van der Waals surface area contributed by atoms with Gasteiger partial charge in [0.1, 0.15) is 0 Å². The fourth-order valence-corrected chi connectivity index (χ4v) is 1.08. The maximum atomic E-state index is 5.81. The maximum absolute atomic E-state index is 5.81. The first-order valence-corrected chi connectivity index (χ1v) is 4.45. The molecule has 0 unspecified atom stereocenters. The molecule has 3 nitrogen and oxygen atoms in total. The monoisotopic (exact) mass is 189 g/mol. The lowest BCUT2D eigenvalue weighted by Crippen LogP contribution is -1.99. The van der Waals surface area contributed by atoms with Crippen LogP contribution >= 0.6 is 0 Å². The zero-order valence-electron chi connectivity index (χ0n) is 8.27. The second-order valence-corrected chi connectivity index (χ2v) is 2.93. The molecular formula is C11H15N3. The van der Waals surface area contributed by atoms with Gasteiger partial charge in [-0.3, -0.25) is 4.99 Å². The van der Waals surface area contributed by atoms with E-state index in [1.807, 2.05) is 24.3 Å². The summed E-state index contributed by atoms with van der Waals surface area (Å²) < 4.78 is 0. The zero-order chi connectivity index (χ0) is 10.4. The van der Waals surface area contributed by atoms with Crippen molar-refractivity contribution < 1.29 is 0 Å². The molecule has 3 heteroatoms. The summed E-state index contributed by atoms with van der Waals surface area (Å²) in [6, 6.07) is 7.85. The molecule has 1 rings (SSSR count). The molecule has 0 radical (unpaired) electrons. The lowest BCUT2D eigenvalue weighted by Gasteiger charge is -2.01. The Morgan fingerprint density at radius 3 is 2.50 bits per heavy atom. The van der Waals surface area contributed by atoms with E-state index in [4.69, 9.17) is 11.5 Å². The van der Waals surface area contributed by atoms with Crippen LogP contribution in [-0.4, -0.2) is 13.3 Å². The zero-order valence-corrected chi connectivity index (χ0v) is 8.27. The largest absolute Gasteiger partial charge is 0.398 e. The van der Waals surface area contributed by atoms with Crippen LogP contribution in [0, 0.1) is 0 Å². The Bertz CT molecular complexity index is 336. The first kappa shape index (κ1) is 10.5. The smallest absolute Gasteiger partial charge is 0.0402 e. The lowest BCUT2D eigenvalue weighted by molar-refractivity contribution is 1.07. The van der Waals surface area contributed by atoms with E-state index in [-0.39, 0.29) is 0 Å². The van der Waals surface area contributed by atoms with Gasteiger partial charge in [-0.05, 0) is 17.2 Å². The molecule has 0 spiro atoms. The van der Waals surface area contributed by atoms with Gasteiger partial charge >= 0.3 is 0 Å². The molecule has 0 aromatic heterocycles. The topological polar surface area (TPSA) is 64.4 Å². The number of nitrogens with zero attached hydrogens (tertiary/aromatic N) is 1. The highest BCUT2D eigenvalue weighted by molar-refractivity contribution is 5.83. The molecule has 0 heterocycles. The number of allylic oxidation sites excluding steroid dienone is 1. The van der Waals surface area contributed by atoms with Gasteiger partial charge in [-0.15, -0.1) is 0 Å². The first-order valence-electron chi connectivity index (χ1n) is 4.45. The third-order valence-corrected chi connectivity index (χ3v) is 1.93. The fourth-order valence-electron chi connectivity index (χ4n) is 1.08. The van der Waals surface area contributed by atoms with Crippen LogP contribution < -0.4 is 11.5 Å². The predicted molar refractivity (Wildman–Crippen MR) is 60.9 cm³/mol. The second-order valence-electron chi connectivity index (χ2n) is 2.93. The number of nitrogens with two attached hydrogens (primary N) is 2. The third kappa shape index (κ3) is 2.71. The van der Waals surface area contributed by atoms with Crippen molar-refractivity contribution in [1.82, 2.24) is 0 Å². The van der Waals surface area contributed by atoms with Crippen LogP contribution in [0.25, 0.3) is 5.70 Å². The van der Waals surface area contributed by atoms with E-state index in [2.05, 4.69) is 4.99 Å². The first-order chi connectivity index (χ1) is 6.77. The van der Waals surface area contributed by atoms with Crippen LogP contribution in [0.1, 0.15) is 11.1 Å². The van der Waals surface area contributed by atoms with Crippen molar-refractivity contribution in [3.05, 3.63) is 41.5 Å². The number of hydrogen-bond donors (Lipinski definition) is 2. The Morgan fingerprint density at radius 1 is 1.36 bits per heavy atom. The van der Waals surface area contributed by atoms with Crippen molar-refractivity contribution >= 4 is 11.9 Å². The Morgan fingerprint density at radius 2 is 2.00 bits per heavy atom. The number of benzene rings is 1. The van der Waals surface area contributed by atoms with Crippen LogP contribution in [0.15, 0.2) is 35.3 Å². The normalized spacial score (nSPS) is 12.3. The van der Waals surface area contributed by atoms with Gasteiger partial charge in [0, 0.05) is 25.5 Å². The van der Waals surface area contributed by atoms with E-state index < -0.39 is 0 Å². The van der Waals surface area contributed by atoms with Crippen LogP contribution in [0.2, 0.25) is 0 Å². The molecular weight excluding hydrogens is 174 g/mol. The van der Waals surface area contributed by atoms with Crippen molar-refractivity contribution in [3.8, 4) is 0 Å². The fraction of sp³-hybridized carbons (Fsp3) is 0.182. The van der Waals surface area contributed by atoms with Crippen molar-refractivity contribution in [1.29, 1.82) is 0 Å². The molecule has 14 heavy (non-hydrogen) atoms. The van der Waals surface area contributed by atoms with Crippen molar-refractivity contribution in [2.24, 2.45) is 16.5 Å². The minimum absolute atomic E-state index is 0.556. The highest BCUT2D eigenvalue weighted by atomic mass is 14.6. The van der Waals surface area contributed by atoms with Gasteiger partial charge in [0.25, 0.3) is 0 Å². The summed E-state index contributed by atoms with van der Waals surface area (Å²) in [5.74, 6) is 0. The summed E-state index contributed by atoms with van der Waals surface area (Å²) in [7, 11) is 1.71. The molecule has 74 valence electrons.